The first-order valence-corrected chi connectivity index (χ1v) is 7.75. The van der Waals surface area contributed by atoms with E-state index in [0.717, 1.165) is 38.5 Å². The summed E-state index contributed by atoms with van der Waals surface area (Å²) in [5.74, 6) is -0.725. The van der Waals surface area contributed by atoms with Crippen molar-refractivity contribution in [2.24, 2.45) is 17.6 Å². The fraction of sp³-hybridized carbons (Fsp3) is 0.867. The molecule has 1 aliphatic carbocycles. The molecular weight excluding hydrogens is 256 g/mol. The minimum atomic E-state index is -1.04. The molecule has 1 aliphatic heterocycles. The second-order valence-electron chi connectivity index (χ2n) is 6.41. The number of nitrogens with two attached hydrogens (primary N) is 1. The van der Waals surface area contributed by atoms with E-state index in [1.807, 2.05) is 0 Å². The molecule has 0 aromatic heterocycles. The van der Waals surface area contributed by atoms with E-state index >= 15 is 0 Å². The Morgan fingerprint density at radius 2 is 1.95 bits per heavy atom. The van der Waals surface area contributed by atoms with Crippen LogP contribution in [0.1, 0.15) is 51.9 Å². The van der Waals surface area contributed by atoms with Crippen LogP contribution >= 0.6 is 0 Å². The molecule has 3 N–H and O–H groups in total. The number of hydrogen-bond acceptors (Lipinski definition) is 3. The van der Waals surface area contributed by atoms with Crippen LogP contribution in [0.25, 0.3) is 0 Å². The molecule has 5 nitrogen and oxygen atoms in total. The van der Waals surface area contributed by atoms with Gasteiger partial charge in [-0.1, -0.05) is 12.8 Å². The Hall–Kier alpha value is -1.10. The molecule has 0 spiro atoms. The van der Waals surface area contributed by atoms with Gasteiger partial charge in [0.1, 0.15) is 5.54 Å². The highest BCUT2D eigenvalue weighted by Crippen LogP contribution is 2.35. The largest absolute Gasteiger partial charge is 0.480 e. The van der Waals surface area contributed by atoms with Gasteiger partial charge >= 0.3 is 5.97 Å². The van der Waals surface area contributed by atoms with Gasteiger partial charge in [0.05, 0.1) is 0 Å². The molecule has 0 aromatic carbocycles. The number of aliphatic carboxylic acids is 1. The maximum absolute atomic E-state index is 12.8. The number of carboxylic acid groups (broad SMARTS) is 1. The van der Waals surface area contributed by atoms with Crippen LogP contribution in [-0.2, 0) is 9.59 Å². The van der Waals surface area contributed by atoms with Crippen molar-refractivity contribution < 1.29 is 14.7 Å². The van der Waals surface area contributed by atoms with Gasteiger partial charge in [-0.3, -0.25) is 4.79 Å². The maximum atomic E-state index is 12.8. The Morgan fingerprint density at radius 3 is 2.60 bits per heavy atom. The van der Waals surface area contributed by atoms with Gasteiger partial charge in [-0.05, 0) is 51.5 Å². The zero-order valence-corrected chi connectivity index (χ0v) is 12.3. The molecule has 3 atom stereocenters. The minimum absolute atomic E-state index is 0.0183. The lowest BCUT2D eigenvalue weighted by Gasteiger charge is -2.44. The lowest BCUT2D eigenvalue weighted by Crippen LogP contribution is -2.59. The fourth-order valence-electron chi connectivity index (χ4n) is 3.71. The summed E-state index contributed by atoms with van der Waals surface area (Å²) >= 11 is 0. The van der Waals surface area contributed by atoms with E-state index in [1.165, 1.54) is 0 Å². The van der Waals surface area contributed by atoms with E-state index < -0.39 is 11.5 Å². The molecule has 5 heteroatoms. The first-order chi connectivity index (χ1) is 9.50. The molecule has 1 heterocycles. The summed E-state index contributed by atoms with van der Waals surface area (Å²) in [6, 6.07) is 0. The molecule has 114 valence electrons. The highest BCUT2D eigenvalue weighted by atomic mass is 16.4. The summed E-state index contributed by atoms with van der Waals surface area (Å²) in [6.45, 7) is 2.77. The summed E-state index contributed by atoms with van der Waals surface area (Å²) < 4.78 is 0. The Labute approximate surface area is 120 Å². The van der Waals surface area contributed by atoms with Crippen LogP contribution in [0.2, 0.25) is 0 Å². The Balaban J connectivity index is 2.19. The van der Waals surface area contributed by atoms with Crippen LogP contribution in [0, 0.1) is 11.8 Å². The number of rotatable bonds is 3. The van der Waals surface area contributed by atoms with Crippen molar-refractivity contribution in [2.75, 3.05) is 13.1 Å². The molecule has 0 aromatic rings. The van der Waals surface area contributed by atoms with Gasteiger partial charge in [-0.25, -0.2) is 4.79 Å². The van der Waals surface area contributed by atoms with E-state index in [4.69, 9.17) is 5.73 Å². The predicted octanol–water partition coefficient (Wildman–Crippen LogP) is 1.61. The Morgan fingerprint density at radius 1 is 1.25 bits per heavy atom. The van der Waals surface area contributed by atoms with Crippen molar-refractivity contribution in [3.05, 3.63) is 0 Å². The van der Waals surface area contributed by atoms with Crippen LogP contribution in [-0.4, -0.2) is 40.5 Å². The quantitative estimate of drug-likeness (QED) is 0.823. The third kappa shape index (κ3) is 2.68. The Kier molecular flexibility index (Phi) is 4.68. The molecule has 2 fully saturated rings. The van der Waals surface area contributed by atoms with Crippen molar-refractivity contribution in [1.29, 1.82) is 0 Å². The van der Waals surface area contributed by atoms with Gasteiger partial charge < -0.3 is 15.7 Å². The van der Waals surface area contributed by atoms with Crippen molar-refractivity contribution in [3.8, 4) is 0 Å². The topological polar surface area (TPSA) is 83.6 Å². The highest BCUT2D eigenvalue weighted by molar-refractivity contribution is 5.88. The van der Waals surface area contributed by atoms with Crippen molar-refractivity contribution in [3.63, 3.8) is 0 Å². The molecule has 1 amide bonds. The van der Waals surface area contributed by atoms with E-state index in [9.17, 15) is 14.7 Å². The third-order valence-corrected chi connectivity index (χ3v) is 5.15. The van der Waals surface area contributed by atoms with Crippen LogP contribution in [0.4, 0.5) is 0 Å². The van der Waals surface area contributed by atoms with Crippen LogP contribution in [0.15, 0.2) is 0 Å². The fourth-order valence-corrected chi connectivity index (χ4v) is 3.71. The van der Waals surface area contributed by atoms with Gasteiger partial charge in [0.15, 0.2) is 0 Å². The van der Waals surface area contributed by atoms with Crippen LogP contribution in [0.5, 0.6) is 0 Å². The van der Waals surface area contributed by atoms with Crippen molar-refractivity contribution >= 4 is 11.9 Å². The minimum Gasteiger partial charge on any atom is -0.480 e. The zero-order chi connectivity index (χ0) is 14.8. The molecule has 2 aliphatic rings. The van der Waals surface area contributed by atoms with Gasteiger partial charge in [0, 0.05) is 12.5 Å². The summed E-state index contributed by atoms with van der Waals surface area (Å²) in [5.41, 5.74) is 4.77. The number of amides is 1. The standard InChI is InChI=1S/C15H26N2O3/c1-15(14(19)20)8-4-5-9-17(15)13(18)12-7-3-2-6-11(12)10-16/h11-12H,2-10,16H2,1H3,(H,19,20). The highest BCUT2D eigenvalue weighted by Gasteiger charge is 2.46. The van der Waals surface area contributed by atoms with E-state index in [2.05, 4.69) is 0 Å². The lowest BCUT2D eigenvalue weighted by molar-refractivity contribution is -0.164. The SMILES string of the molecule is CC1(C(=O)O)CCCCN1C(=O)C1CCCCC1CN. The van der Waals surface area contributed by atoms with E-state index in [1.54, 1.807) is 11.8 Å². The van der Waals surface area contributed by atoms with E-state index in [-0.39, 0.29) is 17.7 Å². The normalized spacial score (nSPS) is 34.8. The molecule has 2 rings (SSSR count). The average molecular weight is 282 g/mol. The molecular formula is C15H26N2O3. The van der Waals surface area contributed by atoms with Crippen LogP contribution < -0.4 is 5.73 Å². The van der Waals surface area contributed by atoms with Gasteiger partial charge in [0.2, 0.25) is 5.91 Å². The molecule has 0 radical (unpaired) electrons. The van der Waals surface area contributed by atoms with Crippen molar-refractivity contribution in [1.82, 2.24) is 4.90 Å². The second kappa shape index (κ2) is 6.12. The third-order valence-electron chi connectivity index (χ3n) is 5.15. The summed E-state index contributed by atoms with van der Waals surface area (Å²) in [6.07, 6.45) is 6.34. The smallest absolute Gasteiger partial charge is 0.329 e. The van der Waals surface area contributed by atoms with E-state index in [0.29, 0.717) is 19.5 Å². The maximum Gasteiger partial charge on any atom is 0.329 e. The monoisotopic (exact) mass is 282 g/mol. The molecule has 20 heavy (non-hydrogen) atoms. The number of piperidine rings is 1. The molecule has 0 bridgehead atoms. The number of nitrogens with zero attached hydrogens (tertiary/aromatic N) is 1. The Bertz CT molecular complexity index is 385. The van der Waals surface area contributed by atoms with Gasteiger partial charge in [-0.15, -0.1) is 0 Å². The van der Waals surface area contributed by atoms with Crippen molar-refractivity contribution in [2.45, 2.75) is 57.4 Å². The first kappa shape index (κ1) is 15.3. The summed E-state index contributed by atoms with van der Waals surface area (Å²) in [7, 11) is 0. The first-order valence-electron chi connectivity index (χ1n) is 7.75. The molecule has 3 unspecified atom stereocenters. The van der Waals surface area contributed by atoms with Gasteiger partial charge in [-0.2, -0.15) is 0 Å². The predicted molar refractivity (Wildman–Crippen MR) is 76.1 cm³/mol. The lowest BCUT2D eigenvalue weighted by atomic mass is 9.77. The summed E-state index contributed by atoms with van der Waals surface area (Å²) in [5, 5.41) is 9.52. The van der Waals surface area contributed by atoms with Crippen LogP contribution in [0.3, 0.4) is 0 Å². The summed E-state index contributed by atoms with van der Waals surface area (Å²) in [4.78, 5) is 26.1. The second-order valence-corrected chi connectivity index (χ2v) is 6.41. The molecule has 1 saturated carbocycles. The number of carboxylic acids is 1. The average Bonchev–Trinajstić information content (AvgIpc) is 2.47. The number of carbonyl (C=O) groups is 2. The van der Waals surface area contributed by atoms with Gasteiger partial charge in [0.25, 0.3) is 0 Å². The zero-order valence-electron chi connectivity index (χ0n) is 12.3. The number of likely N-dealkylation sites (tertiary alicyclic amines) is 1. The number of carbonyl (C=O) groups excluding carboxylic acids is 1. The molecule has 1 saturated heterocycles. The number of hydrogen-bond donors (Lipinski definition) is 2.